The molecule has 3 nitrogen and oxygen atoms in total. The van der Waals surface area contributed by atoms with E-state index in [4.69, 9.17) is 28.3 Å². The summed E-state index contributed by atoms with van der Waals surface area (Å²) in [7, 11) is 0. The molecule has 5 heteroatoms. The summed E-state index contributed by atoms with van der Waals surface area (Å²) >= 11 is 12.4. The maximum Gasteiger partial charge on any atom is 0.254 e. The SMILES string of the molecule is O=C(c1ccc(CCO)c(Cl)c1)N1CCC2=C(Cc3ccc(Cl)cc32)C1. The lowest BCUT2D eigenvalue weighted by Gasteiger charge is -2.29. The van der Waals surface area contributed by atoms with Crippen molar-refractivity contribution in [3.8, 4) is 0 Å². The van der Waals surface area contributed by atoms with Crippen LogP contribution >= 0.6 is 23.2 Å². The van der Waals surface area contributed by atoms with Crippen molar-refractivity contribution in [3.63, 3.8) is 0 Å². The first-order chi connectivity index (χ1) is 12.6. The molecular weight excluding hydrogens is 369 g/mol. The van der Waals surface area contributed by atoms with Gasteiger partial charge in [-0.3, -0.25) is 4.79 Å². The number of hydrogen-bond acceptors (Lipinski definition) is 2. The molecule has 4 rings (SSSR count). The van der Waals surface area contributed by atoms with Crippen LogP contribution in [0.1, 0.15) is 33.5 Å². The second kappa shape index (κ2) is 7.07. The van der Waals surface area contributed by atoms with Gasteiger partial charge in [0.25, 0.3) is 5.91 Å². The van der Waals surface area contributed by atoms with Crippen LogP contribution in [0.25, 0.3) is 5.57 Å². The number of rotatable bonds is 3. The van der Waals surface area contributed by atoms with E-state index < -0.39 is 0 Å². The molecule has 1 aliphatic carbocycles. The average Bonchev–Trinajstić information content (AvgIpc) is 3.00. The van der Waals surface area contributed by atoms with Crippen molar-refractivity contribution in [2.24, 2.45) is 0 Å². The van der Waals surface area contributed by atoms with Crippen LogP contribution in [0.4, 0.5) is 0 Å². The fourth-order valence-corrected chi connectivity index (χ4v) is 4.34. The number of hydrogen-bond donors (Lipinski definition) is 1. The van der Waals surface area contributed by atoms with Crippen LogP contribution in [-0.2, 0) is 12.8 Å². The van der Waals surface area contributed by atoms with E-state index in [1.807, 2.05) is 23.1 Å². The van der Waals surface area contributed by atoms with E-state index in [1.165, 1.54) is 22.3 Å². The van der Waals surface area contributed by atoms with Gasteiger partial charge in [0, 0.05) is 35.3 Å². The minimum atomic E-state index is 0.00277. The number of aliphatic hydroxyl groups excluding tert-OH is 1. The summed E-state index contributed by atoms with van der Waals surface area (Å²) in [5.74, 6) is 0.00277. The maximum atomic E-state index is 12.9. The Labute approximate surface area is 162 Å². The molecule has 2 aliphatic rings. The standard InChI is InChI=1S/C21H19Cl2NO2/c22-17-4-3-14-9-16-12-24(7-5-18(16)19(14)11-17)21(26)15-2-1-13(6-8-25)20(23)10-15/h1-4,10-11,25H,5-9,12H2. The Morgan fingerprint density at radius 3 is 2.77 bits per heavy atom. The molecule has 1 aliphatic heterocycles. The summed E-state index contributed by atoms with van der Waals surface area (Å²) in [6, 6.07) is 11.4. The molecule has 26 heavy (non-hydrogen) atoms. The van der Waals surface area contributed by atoms with E-state index in [0.717, 1.165) is 23.4 Å². The second-order valence-electron chi connectivity index (χ2n) is 6.82. The van der Waals surface area contributed by atoms with E-state index >= 15 is 0 Å². The molecule has 2 aromatic carbocycles. The summed E-state index contributed by atoms with van der Waals surface area (Å²) in [6.45, 7) is 1.39. The molecule has 0 spiro atoms. The van der Waals surface area contributed by atoms with Crippen molar-refractivity contribution in [3.05, 3.63) is 74.3 Å². The fourth-order valence-electron chi connectivity index (χ4n) is 3.89. The predicted molar refractivity (Wildman–Crippen MR) is 105 cm³/mol. The second-order valence-corrected chi connectivity index (χ2v) is 7.66. The topological polar surface area (TPSA) is 40.5 Å². The summed E-state index contributed by atoms with van der Waals surface area (Å²) in [4.78, 5) is 14.8. The number of benzene rings is 2. The molecule has 134 valence electrons. The molecule has 0 aromatic heterocycles. The van der Waals surface area contributed by atoms with Crippen LogP contribution < -0.4 is 0 Å². The zero-order valence-corrected chi connectivity index (χ0v) is 15.8. The van der Waals surface area contributed by atoms with Crippen molar-refractivity contribution < 1.29 is 9.90 Å². The molecule has 1 amide bonds. The third-order valence-electron chi connectivity index (χ3n) is 5.21. The predicted octanol–water partition coefficient (Wildman–Crippen LogP) is 4.38. The van der Waals surface area contributed by atoms with Crippen molar-refractivity contribution >= 4 is 34.7 Å². The zero-order chi connectivity index (χ0) is 18.3. The van der Waals surface area contributed by atoms with Crippen molar-refractivity contribution in [2.45, 2.75) is 19.3 Å². The number of aliphatic hydroxyl groups is 1. The summed E-state index contributed by atoms with van der Waals surface area (Å²) in [5.41, 5.74) is 6.66. The van der Waals surface area contributed by atoms with Crippen LogP contribution in [0.2, 0.25) is 10.0 Å². The minimum absolute atomic E-state index is 0.00277. The molecule has 0 saturated heterocycles. The molecule has 0 saturated carbocycles. The number of nitrogens with zero attached hydrogens (tertiary/aromatic N) is 1. The highest BCUT2D eigenvalue weighted by molar-refractivity contribution is 6.31. The number of halogens is 2. The van der Waals surface area contributed by atoms with Gasteiger partial charge in [-0.2, -0.15) is 0 Å². The van der Waals surface area contributed by atoms with Crippen LogP contribution in [0, 0.1) is 0 Å². The average molecular weight is 388 g/mol. The Morgan fingerprint density at radius 2 is 2.00 bits per heavy atom. The van der Waals surface area contributed by atoms with Crippen molar-refractivity contribution in [1.29, 1.82) is 0 Å². The number of amides is 1. The molecule has 1 N–H and O–H groups in total. The normalized spacial score (nSPS) is 15.9. The molecule has 1 heterocycles. The maximum absolute atomic E-state index is 12.9. The van der Waals surface area contributed by atoms with Crippen LogP contribution in [-0.4, -0.2) is 35.6 Å². The lowest BCUT2D eigenvalue weighted by Crippen LogP contribution is -2.36. The van der Waals surface area contributed by atoms with Crippen LogP contribution in [0.5, 0.6) is 0 Å². The van der Waals surface area contributed by atoms with Gasteiger partial charge in [0.1, 0.15) is 0 Å². The summed E-state index contributed by atoms with van der Waals surface area (Å²) < 4.78 is 0. The molecule has 0 fully saturated rings. The highest BCUT2D eigenvalue weighted by Crippen LogP contribution is 2.39. The molecular formula is C21H19Cl2NO2. The Morgan fingerprint density at radius 1 is 1.15 bits per heavy atom. The van der Waals surface area contributed by atoms with Gasteiger partial charge in [0.2, 0.25) is 0 Å². The number of carbonyl (C=O) groups excluding carboxylic acids is 1. The van der Waals surface area contributed by atoms with Gasteiger partial charge in [-0.25, -0.2) is 0 Å². The van der Waals surface area contributed by atoms with Gasteiger partial charge in [0.05, 0.1) is 0 Å². The molecule has 0 unspecified atom stereocenters. The number of carbonyl (C=O) groups is 1. The van der Waals surface area contributed by atoms with E-state index in [2.05, 4.69) is 6.07 Å². The lowest BCUT2D eigenvalue weighted by molar-refractivity contribution is 0.0767. The van der Waals surface area contributed by atoms with Gasteiger partial charge >= 0.3 is 0 Å². The molecule has 2 aromatic rings. The third-order valence-corrected chi connectivity index (χ3v) is 5.80. The molecule has 0 bridgehead atoms. The molecule has 0 atom stereocenters. The summed E-state index contributed by atoms with van der Waals surface area (Å²) in [5, 5.41) is 10.3. The first-order valence-electron chi connectivity index (χ1n) is 8.75. The van der Waals surface area contributed by atoms with Gasteiger partial charge in [-0.1, -0.05) is 35.3 Å². The lowest BCUT2D eigenvalue weighted by atomic mass is 9.98. The van der Waals surface area contributed by atoms with Crippen molar-refractivity contribution in [2.75, 3.05) is 19.7 Å². The first kappa shape index (κ1) is 17.6. The third kappa shape index (κ3) is 3.16. The van der Waals surface area contributed by atoms with E-state index in [9.17, 15) is 4.79 Å². The summed E-state index contributed by atoms with van der Waals surface area (Å²) in [6.07, 6.45) is 2.24. The van der Waals surface area contributed by atoms with Gasteiger partial charge in [0.15, 0.2) is 0 Å². The quantitative estimate of drug-likeness (QED) is 0.848. The molecule has 0 radical (unpaired) electrons. The van der Waals surface area contributed by atoms with Crippen LogP contribution in [0.3, 0.4) is 0 Å². The van der Waals surface area contributed by atoms with E-state index in [1.54, 1.807) is 12.1 Å². The van der Waals surface area contributed by atoms with Gasteiger partial charge < -0.3 is 10.0 Å². The smallest absolute Gasteiger partial charge is 0.254 e. The highest BCUT2D eigenvalue weighted by atomic mass is 35.5. The zero-order valence-electron chi connectivity index (χ0n) is 14.3. The monoisotopic (exact) mass is 387 g/mol. The fraction of sp³-hybridized carbons (Fsp3) is 0.286. The van der Waals surface area contributed by atoms with E-state index in [-0.39, 0.29) is 12.5 Å². The Bertz CT molecular complexity index is 920. The van der Waals surface area contributed by atoms with Gasteiger partial charge in [-0.15, -0.1) is 0 Å². The largest absolute Gasteiger partial charge is 0.396 e. The van der Waals surface area contributed by atoms with Crippen LogP contribution in [0.15, 0.2) is 42.0 Å². The first-order valence-corrected chi connectivity index (χ1v) is 9.50. The highest BCUT2D eigenvalue weighted by Gasteiger charge is 2.29. The Hall–Kier alpha value is -1.81. The minimum Gasteiger partial charge on any atom is -0.396 e. The van der Waals surface area contributed by atoms with Gasteiger partial charge in [-0.05, 0) is 71.4 Å². The van der Waals surface area contributed by atoms with Crippen molar-refractivity contribution in [1.82, 2.24) is 4.90 Å². The Kier molecular flexibility index (Phi) is 4.78. The van der Waals surface area contributed by atoms with E-state index in [0.29, 0.717) is 30.1 Å². The Balaban J connectivity index is 1.54. The number of fused-ring (bicyclic) bond motifs is 2.